The maximum absolute atomic E-state index is 11.6. The third-order valence-electron chi connectivity index (χ3n) is 2.89. The normalized spacial score (nSPS) is 13.5. The molecule has 4 N–H and O–H groups in total. The summed E-state index contributed by atoms with van der Waals surface area (Å²) in [4.78, 5) is 15.9. The molecule has 0 saturated heterocycles. The van der Waals surface area contributed by atoms with Gasteiger partial charge in [-0.05, 0) is 31.6 Å². The van der Waals surface area contributed by atoms with Crippen molar-refractivity contribution in [3.05, 3.63) is 77.5 Å². The van der Waals surface area contributed by atoms with Crippen LogP contribution in [0.3, 0.4) is 0 Å². The first kappa shape index (κ1) is 17.2. The molecule has 1 amide bonds. The van der Waals surface area contributed by atoms with Crippen LogP contribution in [0.25, 0.3) is 5.70 Å². The van der Waals surface area contributed by atoms with Crippen LogP contribution in [0.5, 0.6) is 0 Å². The molecule has 0 radical (unpaired) electrons. The molecule has 114 valence electrons. The van der Waals surface area contributed by atoms with E-state index in [2.05, 4.69) is 11.6 Å². The number of allylic oxidation sites excluding steroid dienone is 4. The van der Waals surface area contributed by atoms with Gasteiger partial charge in [-0.3, -0.25) is 9.79 Å². The zero-order valence-corrected chi connectivity index (χ0v) is 12.9. The maximum atomic E-state index is 11.6. The lowest BCUT2D eigenvalue weighted by Crippen LogP contribution is -2.19. The fourth-order valence-corrected chi connectivity index (χ4v) is 1.73. The van der Waals surface area contributed by atoms with E-state index in [0.717, 1.165) is 11.1 Å². The van der Waals surface area contributed by atoms with E-state index in [9.17, 15) is 4.79 Å². The van der Waals surface area contributed by atoms with Gasteiger partial charge in [0.15, 0.2) is 0 Å². The summed E-state index contributed by atoms with van der Waals surface area (Å²) in [7, 11) is 0. The third kappa shape index (κ3) is 4.90. The molecular formula is C18H21N3O. The number of primary amides is 1. The summed E-state index contributed by atoms with van der Waals surface area (Å²) in [5.41, 5.74) is 14.4. The Hall–Kier alpha value is -2.88. The summed E-state index contributed by atoms with van der Waals surface area (Å²) in [5, 5.41) is 0. The molecule has 0 heterocycles. The Morgan fingerprint density at radius 2 is 1.86 bits per heavy atom. The van der Waals surface area contributed by atoms with E-state index in [4.69, 9.17) is 11.5 Å². The molecule has 0 aliphatic carbocycles. The molecule has 1 rings (SSSR count). The molecule has 0 atom stereocenters. The van der Waals surface area contributed by atoms with Gasteiger partial charge in [0.1, 0.15) is 0 Å². The van der Waals surface area contributed by atoms with Crippen LogP contribution in [0.2, 0.25) is 0 Å². The number of aliphatic imine (C=N–C) groups is 1. The monoisotopic (exact) mass is 295 g/mol. The molecule has 4 heteroatoms. The van der Waals surface area contributed by atoms with Crippen molar-refractivity contribution in [3.63, 3.8) is 0 Å². The van der Waals surface area contributed by atoms with Crippen LogP contribution in [-0.4, -0.2) is 12.1 Å². The smallest absolute Gasteiger partial charge is 0.252 e. The SMILES string of the molecule is C=C/C=C(\C=C/C)/N=C\C(C(N)=O)=C(/N)c1ccc(C)cc1. The second kappa shape index (κ2) is 8.42. The van der Waals surface area contributed by atoms with Gasteiger partial charge in [0, 0.05) is 6.21 Å². The van der Waals surface area contributed by atoms with Gasteiger partial charge < -0.3 is 11.5 Å². The van der Waals surface area contributed by atoms with Crippen molar-refractivity contribution >= 4 is 17.8 Å². The van der Waals surface area contributed by atoms with E-state index in [0.29, 0.717) is 11.4 Å². The van der Waals surface area contributed by atoms with Crippen molar-refractivity contribution in [2.45, 2.75) is 13.8 Å². The number of hydrogen-bond acceptors (Lipinski definition) is 3. The van der Waals surface area contributed by atoms with E-state index >= 15 is 0 Å². The Morgan fingerprint density at radius 1 is 1.23 bits per heavy atom. The second-order valence-corrected chi connectivity index (χ2v) is 4.64. The Balaban J connectivity index is 3.25. The van der Waals surface area contributed by atoms with Crippen molar-refractivity contribution in [1.82, 2.24) is 0 Å². The standard InChI is InChI=1S/C18H21N3O/c1-4-6-15(7-5-2)21-12-16(18(20)22)17(19)14-10-8-13(3)9-11-14/h4-12H,1,19H2,2-3H3,(H2,20,22)/b7-5-,15-6+,17-16+,21-12-. The van der Waals surface area contributed by atoms with E-state index in [1.807, 2.05) is 44.2 Å². The Morgan fingerprint density at radius 3 is 2.36 bits per heavy atom. The fraction of sp³-hybridized carbons (Fsp3) is 0.111. The summed E-state index contributed by atoms with van der Waals surface area (Å²) >= 11 is 0. The van der Waals surface area contributed by atoms with E-state index < -0.39 is 5.91 Å². The van der Waals surface area contributed by atoms with Crippen molar-refractivity contribution in [1.29, 1.82) is 0 Å². The van der Waals surface area contributed by atoms with Gasteiger partial charge in [0.05, 0.1) is 17.0 Å². The number of nitrogens with two attached hydrogens (primary N) is 2. The molecule has 4 nitrogen and oxygen atoms in total. The molecular weight excluding hydrogens is 274 g/mol. The lowest BCUT2D eigenvalue weighted by Gasteiger charge is -2.06. The highest BCUT2D eigenvalue weighted by atomic mass is 16.1. The minimum atomic E-state index is -0.625. The zero-order valence-electron chi connectivity index (χ0n) is 12.9. The van der Waals surface area contributed by atoms with Gasteiger partial charge in [-0.25, -0.2) is 0 Å². The highest BCUT2D eigenvalue weighted by Gasteiger charge is 2.09. The fourth-order valence-electron chi connectivity index (χ4n) is 1.73. The molecule has 0 aliphatic rings. The molecule has 0 bridgehead atoms. The topological polar surface area (TPSA) is 81.5 Å². The highest BCUT2D eigenvalue weighted by molar-refractivity contribution is 6.17. The maximum Gasteiger partial charge on any atom is 0.252 e. The largest absolute Gasteiger partial charge is 0.398 e. The summed E-state index contributed by atoms with van der Waals surface area (Å²) in [5.74, 6) is -0.625. The number of carbonyl (C=O) groups excluding carboxylic acids is 1. The van der Waals surface area contributed by atoms with Crippen LogP contribution in [0.1, 0.15) is 18.1 Å². The van der Waals surface area contributed by atoms with Gasteiger partial charge >= 0.3 is 0 Å². The van der Waals surface area contributed by atoms with Gasteiger partial charge in [-0.2, -0.15) is 0 Å². The van der Waals surface area contributed by atoms with Crippen LogP contribution >= 0.6 is 0 Å². The predicted molar refractivity (Wildman–Crippen MR) is 93.1 cm³/mol. The minimum Gasteiger partial charge on any atom is -0.398 e. The molecule has 0 aromatic heterocycles. The quantitative estimate of drug-likeness (QED) is 0.480. The van der Waals surface area contributed by atoms with Crippen molar-refractivity contribution < 1.29 is 4.79 Å². The van der Waals surface area contributed by atoms with Crippen molar-refractivity contribution in [2.75, 3.05) is 0 Å². The number of nitrogens with zero attached hydrogens (tertiary/aromatic N) is 1. The number of hydrogen-bond donors (Lipinski definition) is 2. The van der Waals surface area contributed by atoms with Crippen LogP contribution in [0, 0.1) is 6.92 Å². The van der Waals surface area contributed by atoms with Gasteiger partial charge in [0.25, 0.3) is 5.91 Å². The number of carbonyl (C=O) groups is 1. The lowest BCUT2D eigenvalue weighted by atomic mass is 10.1. The number of benzene rings is 1. The predicted octanol–water partition coefficient (Wildman–Crippen LogP) is 2.87. The number of aryl methyl sites for hydroxylation is 1. The van der Waals surface area contributed by atoms with E-state index in [1.165, 1.54) is 6.21 Å². The van der Waals surface area contributed by atoms with Crippen LogP contribution < -0.4 is 11.5 Å². The van der Waals surface area contributed by atoms with Gasteiger partial charge in [-0.15, -0.1) is 0 Å². The lowest BCUT2D eigenvalue weighted by molar-refractivity contribution is -0.114. The number of amides is 1. The summed E-state index contributed by atoms with van der Waals surface area (Å²) in [6.07, 6.45) is 8.34. The Bertz CT molecular complexity index is 662. The van der Waals surface area contributed by atoms with Gasteiger partial charge in [-0.1, -0.05) is 48.6 Å². The first-order valence-corrected chi connectivity index (χ1v) is 6.85. The molecule has 0 fully saturated rings. The van der Waals surface area contributed by atoms with E-state index in [-0.39, 0.29) is 5.57 Å². The molecule has 0 unspecified atom stereocenters. The average molecular weight is 295 g/mol. The van der Waals surface area contributed by atoms with Crippen LogP contribution in [0.15, 0.2) is 71.4 Å². The molecule has 0 aliphatic heterocycles. The highest BCUT2D eigenvalue weighted by Crippen LogP contribution is 2.14. The Labute approximate surface area is 131 Å². The van der Waals surface area contributed by atoms with Gasteiger partial charge in [0.2, 0.25) is 0 Å². The minimum absolute atomic E-state index is 0.170. The Kier molecular flexibility index (Phi) is 6.57. The van der Waals surface area contributed by atoms with Crippen molar-refractivity contribution in [2.24, 2.45) is 16.5 Å². The number of rotatable bonds is 6. The summed E-state index contributed by atoms with van der Waals surface area (Å²) < 4.78 is 0. The summed E-state index contributed by atoms with van der Waals surface area (Å²) in [6, 6.07) is 7.52. The molecule has 1 aromatic rings. The second-order valence-electron chi connectivity index (χ2n) is 4.64. The third-order valence-corrected chi connectivity index (χ3v) is 2.89. The molecule has 22 heavy (non-hydrogen) atoms. The molecule has 0 spiro atoms. The first-order chi connectivity index (χ1) is 10.5. The first-order valence-electron chi connectivity index (χ1n) is 6.85. The summed E-state index contributed by atoms with van der Waals surface area (Å²) in [6.45, 7) is 7.47. The van der Waals surface area contributed by atoms with Crippen molar-refractivity contribution in [3.8, 4) is 0 Å². The molecule has 0 saturated carbocycles. The van der Waals surface area contributed by atoms with Crippen LogP contribution in [0.4, 0.5) is 0 Å². The van der Waals surface area contributed by atoms with Crippen LogP contribution in [-0.2, 0) is 4.79 Å². The molecule has 1 aromatic carbocycles. The van der Waals surface area contributed by atoms with E-state index in [1.54, 1.807) is 18.2 Å². The average Bonchev–Trinajstić information content (AvgIpc) is 2.48. The zero-order chi connectivity index (χ0) is 16.5.